The van der Waals surface area contributed by atoms with E-state index in [0.29, 0.717) is 18.2 Å². The van der Waals surface area contributed by atoms with E-state index in [1.807, 2.05) is 6.07 Å². The van der Waals surface area contributed by atoms with Gasteiger partial charge in [0.05, 0.1) is 17.1 Å². The van der Waals surface area contributed by atoms with E-state index in [4.69, 9.17) is 15.7 Å². The lowest BCUT2D eigenvalue weighted by Gasteiger charge is -2.23. The van der Waals surface area contributed by atoms with Crippen LogP contribution in [0.5, 0.6) is 0 Å². The molecule has 0 aliphatic heterocycles. The number of benzene rings is 1. The third-order valence-corrected chi connectivity index (χ3v) is 6.42. The van der Waals surface area contributed by atoms with E-state index < -0.39 is 0 Å². The molecule has 1 fully saturated rings. The molecule has 1 amide bonds. The Morgan fingerprint density at radius 1 is 1.17 bits per heavy atom. The molecule has 0 atom stereocenters. The molecule has 5 nitrogen and oxygen atoms in total. The number of carbonyl (C=O) groups is 1. The summed E-state index contributed by atoms with van der Waals surface area (Å²) in [4.78, 5) is 22.5. The Morgan fingerprint density at radius 2 is 1.97 bits per heavy atom. The maximum absolute atomic E-state index is 12.5. The second kappa shape index (κ2) is 9.15. The molecular formula is C25H34N4O. The molecule has 0 spiro atoms. The second-order valence-electron chi connectivity index (χ2n) is 9.42. The number of aryl methyl sites for hydroxylation is 3. The summed E-state index contributed by atoms with van der Waals surface area (Å²) in [6.45, 7) is 4.12. The van der Waals surface area contributed by atoms with Gasteiger partial charge >= 0.3 is 0 Å². The van der Waals surface area contributed by atoms with Crippen LogP contribution in [-0.4, -0.2) is 15.9 Å². The summed E-state index contributed by atoms with van der Waals surface area (Å²) in [6.07, 6.45) is 10.9. The van der Waals surface area contributed by atoms with Gasteiger partial charge in [-0.1, -0.05) is 52.0 Å². The van der Waals surface area contributed by atoms with Crippen molar-refractivity contribution in [3.05, 3.63) is 35.2 Å². The minimum absolute atomic E-state index is 0.0298. The largest absolute Gasteiger partial charge is 0.399 e. The highest BCUT2D eigenvalue weighted by atomic mass is 16.1. The summed E-state index contributed by atoms with van der Waals surface area (Å²) in [6, 6.07) is 6.06. The van der Waals surface area contributed by atoms with Gasteiger partial charge in [-0.15, -0.1) is 0 Å². The summed E-state index contributed by atoms with van der Waals surface area (Å²) in [5, 5.41) is 3.08. The first-order chi connectivity index (χ1) is 14.5. The van der Waals surface area contributed by atoms with Crippen molar-refractivity contribution in [1.82, 2.24) is 9.97 Å². The highest BCUT2D eigenvalue weighted by molar-refractivity contribution is 5.90. The molecule has 5 heteroatoms. The molecular weight excluding hydrogens is 372 g/mol. The normalized spacial score (nSPS) is 16.2. The Bertz CT molecular complexity index is 916. The van der Waals surface area contributed by atoms with E-state index in [-0.39, 0.29) is 5.91 Å². The van der Waals surface area contributed by atoms with Gasteiger partial charge < -0.3 is 11.1 Å². The van der Waals surface area contributed by atoms with Crippen molar-refractivity contribution in [2.24, 2.45) is 11.8 Å². The fourth-order valence-electron chi connectivity index (χ4n) is 4.84. The predicted octanol–water partition coefficient (Wildman–Crippen LogP) is 5.32. The summed E-state index contributed by atoms with van der Waals surface area (Å²) in [5.41, 5.74) is 12.0. The zero-order valence-electron chi connectivity index (χ0n) is 18.3. The van der Waals surface area contributed by atoms with Gasteiger partial charge in [0.1, 0.15) is 0 Å². The molecule has 0 radical (unpaired) electrons. The van der Waals surface area contributed by atoms with E-state index >= 15 is 0 Å². The van der Waals surface area contributed by atoms with Crippen LogP contribution in [0.1, 0.15) is 75.7 Å². The predicted molar refractivity (Wildman–Crippen MR) is 122 cm³/mol. The summed E-state index contributed by atoms with van der Waals surface area (Å²) >= 11 is 0. The Hall–Kier alpha value is -2.43. The smallest absolute Gasteiger partial charge is 0.225 e. The van der Waals surface area contributed by atoms with Gasteiger partial charge in [0, 0.05) is 17.7 Å². The zero-order valence-corrected chi connectivity index (χ0v) is 18.3. The lowest BCUT2D eigenvalue weighted by Crippen LogP contribution is -2.20. The number of carbonyl (C=O) groups excluding carboxylic acids is 1. The average Bonchev–Trinajstić information content (AvgIpc) is 2.72. The molecule has 1 heterocycles. The number of anilines is 2. The maximum Gasteiger partial charge on any atom is 0.225 e. The quantitative estimate of drug-likeness (QED) is 0.636. The van der Waals surface area contributed by atoms with E-state index in [9.17, 15) is 4.79 Å². The number of hydrogen-bond donors (Lipinski definition) is 2. The fraction of sp³-hybridized carbons (Fsp3) is 0.560. The first kappa shape index (κ1) is 20.8. The maximum atomic E-state index is 12.5. The van der Waals surface area contributed by atoms with Crippen LogP contribution in [0.2, 0.25) is 0 Å². The first-order valence-corrected chi connectivity index (χ1v) is 11.6. The minimum Gasteiger partial charge on any atom is -0.399 e. The van der Waals surface area contributed by atoms with Crippen molar-refractivity contribution in [2.45, 2.75) is 78.1 Å². The minimum atomic E-state index is 0.0298. The van der Waals surface area contributed by atoms with Crippen molar-refractivity contribution >= 4 is 17.4 Å². The lowest BCUT2D eigenvalue weighted by molar-refractivity contribution is -0.116. The number of rotatable bonds is 6. The van der Waals surface area contributed by atoms with Crippen LogP contribution in [0.4, 0.5) is 11.5 Å². The van der Waals surface area contributed by atoms with Gasteiger partial charge in [-0.05, 0) is 55.2 Å². The number of fused-ring (bicyclic) bond motifs is 3. The molecule has 1 aromatic heterocycles. The summed E-state index contributed by atoms with van der Waals surface area (Å²) < 4.78 is 0. The number of nitrogens with two attached hydrogens (primary N) is 1. The van der Waals surface area contributed by atoms with Gasteiger partial charge in [0.15, 0.2) is 5.82 Å². The third-order valence-electron chi connectivity index (χ3n) is 6.42. The molecule has 3 N–H and O–H groups in total. The van der Waals surface area contributed by atoms with E-state index in [2.05, 4.69) is 31.3 Å². The van der Waals surface area contributed by atoms with Crippen LogP contribution in [0, 0.1) is 11.8 Å². The molecule has 30 heavy (non-hydrogen) atoms. The van der Waals surface area contributed by atoms with Gasteiger partial charge in [-0.25, -0.2) is 9.97 Å². The van der Waals surface area contributed by atoms with Crippen molar-refractivity contribution in [3.63, 3.8) is 0 Å². The number of hydrogen-bond acceptors (Lipinski definition) is 4. The van der Waals surface area contributed by atoms with Crippen LogP contribution in [0.3, 0.4) is 0 Å². The van der Waals surface area contributed by atoms with Gasteiger partial charge in [-0.3, -0.25) is 4.79 Å². The number of nitrogens with one attached hydrogen (secondary N) is 1. The Kier molecular flexibility index (Phi) is 6.35. The lowest BCUT2D eigenvalue weighted by atomic mass is 9.85. The van der Waals surface area contributed by atoms with Crippen LogP contribution < -0.4 is 11.1 Å². The van der Waals surface area contributed by atoms with Crippen LogP contribution in [-0.2, 0) is 24.1 Å². The van der Waals surface area contributed by atoms with Crippen molar-refractivity contribution < 1.29 is 4.79 Å². The molecule has 160 valence electrons. The van der Waals surface area contributed by atoms with Crippen molar-refractivity contribution in [3.8, 4) is 11.3 Å². The van der Waals surface area contributed by atoms with Gasteiger partial charge in [0.25, 0.3) is 0 Å². The van der Waals surface area contributed by atoms with E-state index in [1.54, 1.807) is 0 Å². The number of nitrogen functional groups attached to an aromatic ring is 1. The first-order valence-electron chi connectivity index (χ1n) is 11.6. The molecule has 2 aliphatic carbocycles. The van der Waals surface area contributed by atoms with E-state index in [1.165, 1.54) is 37.7 Å². The van der Waals surface area contributed by atoms with Crippen molar-refractivity contribution in [2.75, 3.05) is 11.1 Å². The highest BCUT2D eigenvalue weighted by Gasteiger charge is 2.23. The van der Waals surface area contributed by atoms with Crippen molar-refractivity contribution in [1.29, 1.82) is 0 Å². The molecule has 0 unspecified atom stereocenters. The fourth-order valence-corrected chi connectivity index (χ4v) is 4.84. The topological polar surface area (TPSA) is 80.9 Å². The van der Waals surface area contributed by atoms with E-state index in [0.717, 1.165) is 59.9 Å². The molecule has 2 aliphatic rings. The molecule has 0 bridgehead atoms. The summed E-state index contributed by atoms with van der Waals surface area (Å²) in [7, 11) is 0. The monoisotopic (exact) mass is 406 g/mol. The van der Waals surface area contributed by atoms with Crippen LogP contribution >= 0.6 is 0 Å². The summed E-state index contributed by atoms with van der Waals surface area (Å²) in [5.74, 6) is 1.79. The number of amides is 1. The molecule has 1 saturated carbocycles. The molecule has 0 saturated heterocycles. The standard InChI is InChI=1S/C25H34N4O/c1-16(2)14-23(30)29-25-22(12-8-17-6-4-3-5-7-17)27-24-20-11-10-19(26)15-18(20)9-13-21(24)28-25/h10-11,15-17H,3-9,12-14,26H2,1-2H3,(H,28,29,30). The third kappa shape index (κ3) is 4.82. The highest BCUT2D eigenvalue weighted by Crippen LogP contribution is 2.35. The van der Waals surface area contributed by atoms with Crippen LogP contribution in [0.15, 0.2) is 18.2 Å². The Labute approximate surface area is 179 Å². The molecule has 1 aromatic carbocycles. The van der Waals surface area contributed by atoms with Gasteiger partial charge in [0.2, 0.25) is 5.91 Å². The number of aromatic nitrogens is 2. The molecule has 4 rings (SSSR count). The Morgan fingerprint density at radius 3 is 2.73 bits per heavy atom. The Balaban J connectivity index is 1.64. The average molecular weight is 407 g/mol. The van der Waals surface area contributed by atoms with Gasteiger partial charge in [-0.2, -0.15) is 0 Å². The second-order valence-corrected chi connectivity index (χ2v) is 9.42. The van der Waals surface area contributed by atoms with Crippen LogP contribution in [0.25, 0.3) is 11.3 Å². The molecule has 2 aromatic rings. The zero-order chi connectivity index (χ0) is 21.1. The number of nitrogens with zero attached hydrogens (tertiary/aromatic N) is 2. The SMILES string of the molecule is CC(C)CC(=O)Nc1nc2c(nc1CCC1CCCCC1)-c1ccc(N)cc1CC2.